The predicted molar refractivity (Wildman–Crippen MR) is 104 cm³/mol. The van der Waals surface area contributed by atoms with Crippen LogP contribution in [-0.4, -0.2) is 26.3 Å². The molecule has 0 spiro atoms. The van der Waals surface area contributed by atoms with Crippen LogP contribution >= 0.6 is 0 Å². The maximum atomic E-state index is 10.5. The Kier molecular flexibility index (Phi) is 20.7. The summed E-state index contributed by atoms with van der Waals surface area (Å²) >= 11 is 0. The Morgan fingerprint density at radius 2 is 1.48 bits per heavy atom. The zero-order valence-corrected chi connectivity index (χ0v) is 19.2. The molecule has 1 fully saturated rings. The van der Waals surface area contributed by atoms with Crippen LogP contribution in [0, 0.1) is 61.4 Å². The Hall–Kier alpha value is -0.311. The van der Waals surface area contributed by atoms with Gasteiger partial charge in [-0.3, -0.25) is 4.79 Å². The van der Waals surface area contributed by atoms with Gasteiger partial charge in [0.1, 0.15) is 0 Å². The normalized spacial score (nSPS) is 18.3. The standard InChI is InChI=1S/C13H21.C8H13O3.CO.Fe/c1-7-8(2)13-11(5)9(3)10(4)12(13)6;1-7(10-2)5-4-6-8(9)11-3;1-2;/h8H,7H2,1-6H3;4-7H,1-3H3;;. The van der Waals surface area contributed by atoms with Gasteiger partial charge in [0.25, 0.3) is 0 Å². The Morgan fingerprint density at radius 3 is 1.81 bits per heavy atom. The van der Waals surface area contributed by atoms with E-state index in [-0.39, 0.29) is 29.1 Å². The maximum Gasteiger partial charge on any atom is 0 e. The summed E-state index contributed by atoms with van der Waals surface area (Å²) in [6, 6.07) is 0. The van der Waals surface area contributed by atoms with Crippen molar-refractivity contribution in [2.75, 3.05) is 14.2 Å². The molecule has 5 heteroatoms. The Bertz CT molecular complexity index is 372. The predicted octanol–water partition coefficient (Wildman–Crippen LogP) is 4.77. The second-order valence-corrected chi connectivity index (χ2v) is 6.24. The monoisotopic (exact) mass is 418 g/mol. The third-order valence-electron chi connectivity index (χ3n) is 4.79. The third kappa shape index (κ3) is 11.3. The summed E-state index contributed by atoms with van der Waals surface area (Å²) in [7, 11) is 2.94. The van der Waals surface area contributed by atoms with Crippen molar-refractivity contribution in [2.45, 2.75) is 61.0 Å². The summed E-state index contributed by atoms with van der Waals surface area (Å²) in [4.78, 5) is 10.5. The van der Waals surface area contributed by atoms with Crippen LogP contribution in [-0.2, 0) is 36.0 Å². The van der Waals surface area contributed by atoms with E-state index in [2.05, 4.69) is 52.9 Å². The molecule has 4 nitrogen and oxygen atoms in total. The van der Waals surface area contributed by atoms with Crippen molar-refractivity contribution in [1.82, 2.24) is 0 Å². The number of rotatable bonds is 7. The van der Waals surface area contributed by atoms with E-state index in [4.69, 9.17) is 9.39 Å². The van der Waals surface area contributed by atoms with Crippen molar-refractivity contribution < 1.29 is 36.0 Å². The largest absolute Gasteiger partial charge is 0 e. The average molecular weight is 418 g/mol. The molecule has 27 heavy (non-hydrogen) atoms. The number of methoxy groups -OCH3 is 2. The molecule has 1 rings (SSSR count). The van der Waals surface area contributed by atoms with Gasteiger partial charge in [0.2, 0.25) is 0 Å². The first-order valence-electron chi connectivity index (χ1n) is 8.76. The van der Waals surface area contributed by atoms with E-state index in [0.717, 1.165) is 0 Å². The van der Waals surface area contributed by atoms with E-state index in [1.165, 1.54) is 43.6 Å². The Balaban J connectivity index is -0.000000382. The summed E-state index contributed by atoms with van der Waals surface area (Å²) in [5, 5.41) is 0. The minimum Gasteiger partial charge on any atom is 0 e. The van der Waals surface area contributed by atoms with Crippen molar-refractivity contribution in [1.29, 1.82) is 0 Å². The molecule has 154 valence electrons. The van der Waals surface area contributed by atoms with Crippen molar-refractivity contribution in [3.63, 3.8) is 0 Å². The van der Waals surface area contributed by atoms with Crippen molar-refractivity contribution in [2.24, 2.45) is 5.92 Å². The number of carbonyl (C=O) groups is 1. The van der Waals surface area contributed by atoms with Crippen LogP contribution < -0.4 is 0 Å². The maximum absolute atomic E-state index is 10.5. The van der Waals surface area contributed by atoms with Gasteiger partial charge in [-0.25, -0.2) is 0 Å². The second-order valence-electron chi connectivity index (χ2n) is 6.24. The van der Waals surface area contributed by atoms with Gasteiger partial charge in [0.05, 0.1) is 19.6 Å². The first-order valence-corrected chi connectivity index (χ1v) is 8.76. The average Bonchev–Trinajstić information content (AvgIpc) is 2.85. The van der Waals surface area contributed by atoms with E-state index >= 15 is 0 Å². The van der Waals surface area contributed by atoms with Crippen LogP contribution in [0.1, 0.15) is 54.9 Å². The summed E-state index contributed by atoms with van der Waals surface area (Å²) < 4.78 is 16.8. The van der Waals surface area contributed by atoms with Gasteiger partial charge in [-0.1, -0.05) is 48.0 Å². The zero-order chi connectivity index (χ0) is 20.9. The Labute approximate surface area is 178 Å². The van der Waals surface area contributed by atoms with Crippen LogP contribution in [0.25, 0.3) is 0 Å². The summed E-state index contributed by atoms with van der Waals surface area (Å²) in [5.41, 5.74) is 0. The number of hydrogen-bond donors (Lipinski definition) is 0. The van der Waals surface area contributed by atoms with E-state index in [1.54, 1.807) is 25.9 Å². The molecular weight excluding hydrogens is 384 g/mol. The first-order chi connectivity index (χ1) is 12.2. The molecule has 0 heterocycles. The molecule has 2 atom stereocenters. The molecule has 0 aromatic heterocycles. The first kappa shape index (κ1) is 31.4. The molecule has 0 bridgehead atoms. The minimum atomic E-state index is -0.357. The number of esters is 1. The molecule has 0 aromatic rings. The van der Waals surface area contributed by atoms with Crippen LogP contribution in [0.2, 0.25) is 0 Å². The van der Waals surface area contributed by atoms with Gasteiger partial charge in [0.15, 0.2) is 0 Å². The van der Waals surface area contributed by atoms with Crippen molar-refractivity contribution in [3.8, 4) is 0 Å². The molecular formula is C22H34FeO4. The Morgan fingerprint density at radius 1 is 1.04 bits per heavy atom. The van der Waals surface area contributed by atoms with E-state index in [1.807, 2.05) is 6.92 Å². The van der Waals surface area contributed by atoms with Gasteiger partial charge in [-0.15, -0.1) is 0 Å². The van der Waals surface area contributed by atoms with Crippen LogP contribution in [0.15, 0.2) is 0 Å². The fourth-order valence-electron chi connectivity index (χ4n) is 2.63. The number of ether oxygens (including phenoxy) is 2. The fraction of sp³-hybridized carbons (Fsp3) is 0.545. The molecule has 0 aromatic carbocycles. The fourth-order valence-corrected chi connectivity index (χ4v) is 2.63. The van der Waals surface area contributed by atoms with Gasteiger partial charge in [-0.2, -0.15) is 0 Å². The van der Waals surface area contributed by atoms with Gasteiger partial charge in [0, 0.05) is 24.2 Å². The van der Waals surface area contributed by atoms with Crippen LogP contribution in [0.5, 0.6) is 0 Å². The quantitative estimate of drug-likeness (QED) is 0.259. The van der Waals surface area contributed by atoms with E-state index < -0.39 is 0 Å². The van der Waals surface area contributed by atoms with Gasteiger partial charge >= 0.3 is 17.3 Å². The van der Waals surface area contributed by atoms with Crippen LogP contribution in [0.4, 0.5) is 0 Å². The van der Waals surface area contributed by atoms with Crippen molar-refractivity contribution >= 4 is 5.97 Å². The summed E-state index contributed by atoms with van der Waals surface area (Å²) in [5.74, 6) is 7.98. The van der Waals surface area contributed by atoms with E-state index in [9.17, 15) is 4.79 Å². The zero-order valence-electron chi connectivity index (χ0n) is 18.1. The minimum absolute atomic E-state index is 0. The second kappa shape index (κ2) is 17.8. The SMILES string of the molecule is CCC(C)[C]1[C](C)[C](C)[C](C)[C]1C.COC(=O)[CH][CH][CH]C(C)OC.[C-]#[O+].[Fe]. The topological polar surface area (TPSA) is 55.4 Å². The van der Waals surface area contributed by atoms with Gasteiger partial charge < -0.3 is 9.47 Å². The van der Waals surface area contributed by atoms with Crippen molar-refractivity contribution in [3.05, 3.63) is 55.5 Å². The molecule has 8 radical (unpaired) electrons. The molecule has 2 unspecified atom stereocenters. The van der Waals surface area contributed by atoms with Crippen LogP contribution in [0.3, 0.4) is 0 Å². The summed E-state index contributed by atoms with van der Waals surface area (Å²) in [6.45, 7) is 20.0. The van der Waals surface area contributed by atoms with Gasteiger partial charge in [-0.05, 0) is 55.3 Å². The summed E-state index contributed by atoms with van der Waals surface area (Å²) in [6.07, 6.45) is 5.98. The molecule has 1 aliphatic rings. The number of hydrogen-bond acceptors (Lipinski definition) is 3. The van der Waals surface area contributed by atoms with E-state index in [0.29, 0.717) is 5.92 Å². The third-order valence-corrected chi connectivity index (χ3v) is 4.79. The molecule has 0 N–H and O–H groups in total. The molecule has 0 saturated heterocycles. The molecule has 0 aliphatic heterocycles. The molecule has 1 aliphatic carbocycles. The molecule has 0 amide bonds. The smallest absolute Gasteiger partial charge is 0 e. The number of carbonyl (C=O) groups excluding carboxylic acids is 1. The molecule has 1 saturated carbocycles.